The van der Waals surface area contributed by atoms with Crippen molar-refractivity contribution in [3.63, 3.8) is 0 Å². The Labute approximate surface area is 102 Å². The van der Waals surface area contributed by atoms with Crippen molar-refractivity contribution < 1.29 is 8.78 Å². The van der Waals surface area contributed by atoms with Gasteiger partial charge in [-0.1, -0.05) is 6.07 Å². The summed E-state index contributed by atoms with van der Waals surface area (Å²) in [6.07, 6.45) is 0.285. The van der Waals surface area contributed by atoms with Crippen LogP contribution in [0.4, 0.5) is 8.78 Å². The van der Waals surface area contributed by atoms with Crippen molar-refractivity contribution in [2.24, 2.45) is 0 Å². The summed E-state index contributed by atoms with van der Waals surface area (Å²) in [5, 5.41) is 6.69. The molecule has 0 aliphatic rings. The van der Waals surface area contributed by atoms with E-state index in [1.807, 2.05) is 6.92 Å². The molecule has 17 heavy (non-hydrogen) atoms. The number of aromatic nitrogens is 3. The van der Waals surface area contributed by atoms with Gasteiger partial charge in [-0.05, 0) is 30.8 Å². The van der Waals surface area contributed by atoms with Crippen LogP contribution < -0.4 is 0 Å². The predicted octanol–water partition coefficient (Wildman–Crippen LogP) is 2.83. The minimum absolute atomic E-state index is 0.285. The van der Waals surface area contributed by atoms with Crippen LogP contribution in [-0.2, 0) is 13.0 Å². The van der Waals surface area contributed by atoms with Crippen molar-refractivity contribution >= 4 is 12.2 Å². The maximum absolute atomic E-state index is 13.5. The van der Waals surface area contributed by atoms with Crippen LogP contribution in [0.3, 0.4) is 0 Å². The molecule has 0 atom stereocenters. The number of nitrogens with zero attached hydrogens (tertiary/aromatic N) is 2. The highest BCUT2D eigenvalue weighted by Gasteiger charge is 2.09. The molecule has 0 bridgehead atoms. The number of rotatable bonds is 3. The lowest BCUT2D eigenvalue weighted by Crippen LogP contribution is -2.04. The molecule has 0 saturated heterocycles. The summed E-state index contributed by atoms with van der Waals surface area (Å²) in [5.74, 6) is -0.509. The van der Waals surface area contributed by atoms with Crippen molar-refractivity contribution in [2.75, 3.05) is 0 Å². The van der Waals surface area contributed by atoms with Gasteiger partial charge in [-0.2, -0.15) is 5.10 Å². The SMILES string of the molecule is CCn1c(Cc2ccc(F)cc2F)n[nH]c1=S. The van der Waals surface area contributed by atoms with Gasteiger partial charge in [0.1, 0.15) is 17.5 Å². The van der Waals surface area contributed by atoms with Gasteiger partial charge in [0.15, 0.2) is 4.77 Å². The molecule has 0 unspecified atom stereocenters. The smallest absolute Gasteiger partial charge is 0.195 e. The second-order valence-corrected chi connectivity index (χ2v) is 3.99. The minimum Gasteiger partial charge on any atom is -0.304 e. The lowest BCUT2D eigenvalue weighted by Gasteiger charge is -2.04. The minimum atomic E-state index is -0.583. The van der Waals surface area contributed by atoms with Crippen LogP contribution in [0.2, 0.25) is 0 Å². The highest BCUT2D eigenvalue weighted by atomic mass is 32.1. The predicted molar refractivity (Wildman–Crippen MR) is 62.2 cm³/mol. The van der Waals surface area contributed by atoms with Crippen LogP contribution in [0, 0.1) is 16.4 Å². The van der Waals surface area contributed by atoms with E-state index in [1.54, 1.807) is 4.57 Å². The van der Waals surface area contributed by atoms with Crippen LogP contribution in [0.5, 0.6) is 0 Å². The Morgan fingerprint density at radius 1 is 1.41 bits per heavy atom. The number of aromatic amines is 1. The van der Waals surface area contributed by atoms with Crippen molar-refractivity contribution in [1.29, 1.82) is 0 Å². The second kappa shape index (κ2) is 4.75. The Morgan fingerprint density at radius 3 is 2.82 bits per heavy atom. The first-order valence-electron chi connectivity index (χ1n) is 5.19. The van der Waals surface area contributed by atoms with Crippen molar-refractivity contribution in [3.8, 4) is 0 Å². The fraction of sp³-hybridized carbons (Fsp3) is 0.273. The maximum atomic E-state index is 13.5. The Balaban J connectivity index is 2.34. The van der Waals surface area contributed by atoms with E-state index >= 15 is 0 Å². The normalized spacial score (nSPS) is 10.8. The lowest BCUT2D eigenvalue weighted by atomic mass is 10.1. The molecule has 6 heteroatoms. The third-order valence-electron chi connectivity index (χ3n) is 2.52. The number of nitrogens with one attached hydrogen (secondary N) is 1. The summed E-state index contributed by atoms with van der Waals surface area (Å²) in [6, 6.07) is 3.52. The van der Waals surface area contributed by atoms with Crippen molar-refractivity contribution in [2.45, 2.75) is 19.9 Å². The summed E-state index contributed by atoms with van der Waals surface area (Å²) in [4.78, 5) is 0. The molecule has 0 amide bonds. The standard InChI is InChI=1S/C11H11F2N3S/c1-2-16-10(14-15-11(16)17)5-7-3-4-8(12)6-9(7)13/h3-4,6H,2,5H2,1H3,(H,15,17). The topological polar surface area (TPSA) is 33.6 Å². The first kappa shape index (κ1) is 11.9. The average Bonchev–Trinajstić information content (AvgIpc) is 2.63. The zero-order valence-electron chi connectivity index (χ0n) is 9.20. The molecule has 0 aliphatic carbocycles. The third kappa shape index (κ3) is 2.41. The second-order valence-electron chi connectivity index (χ2n) is 3.60. The molecular formula is C11H11F2N3S. The Hall–Kier alpha value is -1.56. The number of halogens is 2. The Kier molecular flexibility index (Phi) is 3.33. The maximum Gasteiger partial charge on any atom is 0.195 e. The van der Waals surface area contributed by atoms with Gasteiger partial charge >= 0.3 is 0 Å². The van der Waals surface area contributed by atoms with E-state index in [-0.39, 0.29) is 6.42 Å². The van der Waals surface area contributed by atoms with Crippen LogP contribution in [0.15, 0.2) is 18.2 Å². The van der Waals surface area contributed by atoms with E-state index in [4.69, 9.17) is 12.2 Å². The zero-order chi connectivity index (χ0) is 12.4. The van der Waals surface area contributed by atoms with E-state index in [9.17, 15) is 8.78 Å². The molecule has 0 saturated carbocycles. The zero-order valence-corrected chi connectivity index (χ0v) is 10.0. The summed E-state index contributed by atoms with van der Waals surface area (Å²) in [7, 11) is 0. The quantitative estimate of drug-likeness (QED) is 0.856. The van der Waals surface area contributed by atoms with Gasteiger partial charge < -0.3 is 4.57 Å². The number of benzene rings is 1. The van der Waals surface area contributed by atoms with Crippen LogP contribution in [0.25, 0.3) is 0 Å². The molecule has 1 heterocycles. The highest BCUT2D eigenvalue weighted by Crippen LogP contribution is 2.13. The average molecular weight is 255 g/mol. The highest BCUT2D eigenvalue weighted by molar-refractivity contribution is 7.71. The van der Waals surface area contributed by atoms with E-state index < -0.39 is 11.6 Å². The summed E-state index contributed by atoms with van der Waals surface area (Å²) in [5.41, 5.74) is 0.398. The van der Waals surface area contributed by atoms with Gasteiger partial charge in [0.05, 0.1) is 0 Å². The molecular weight excluding hydrogens is 244 g/mol. The van der Waals surface area contributed by atoms with Crippen molar-refractivity contribution in [3.05, 3.63) is 46.0 Å². The van der Waals surface area contributed by atoms with Gasteiger partial charge in [0.2, 0.25) is 0 Å². The summed E-state index contributed by atoms with van der Waals surface area (Å²) < 4.78 is 28.5. The van der Waals surface area contributed by atoms with E-state index in [1.165, 1.54) is 12.1 Å². The molecule has 2 aromatic rings. The van der Waals surface area contributed by atoms with E-state index in [2.05, 4.69) is 10.2 Å². The molecule has 90 valence electrons. The van der Waals surface area contributed by atoms with Crippen LogP contribution in [0.1, 0.15) is 18.3 Å². The van der Waals surface area contributed by atoms with Gasteiger partial charge in [-0.15, -0.1) is 0 Å². The van der Waals surface area contributed by atoms with Gasteiger partial charge in [0, 0.05) is 19.0 Å². The monoisotopic (exact) mass is 255 g/mol. The number of hydrogen-bond acceptors (Lipinski definition) is 2. The third-order valence-corrected chi connectivity index (χ3v) is 2.83. The van der Waals surface area contributed by atoms with Gasteiger partial charge in [-0.3, -0.25) is 5.10 Å². The first-order chi connectivity index (χ1) is 8.11. The molecule has 1 N–H and O–H groups in total. The molecule has 1 aromatic carbocycles. The van der Waals surface area contributed by atoms with Gasteiger partial charge in [0.25, 0.3) is 0 Å². The molecule has 2 rings (SSSR count). The van der Waals surface area contributed by atoms with Crippen LogP contribution in [-0.4, -0.2) is 14.8 Å². The lowest BCUT2D eigenvalue weighted by molar-refractivity contribution is 0.571. The van der Waals surface area contributed by atoms with Crippen molar-refractivity contribution in [1.82, 2.24) is 14.8 Å². The fourth-order valence-electron chi connectivity index (χ4n) is 1.65. The molecule has 1 aromatic heterocycles. The Bertz CT molecular complexity index is 589. The Morgan fingerprint density at radius 2 is 2.18 bits per heavy atom. The largest absolute Gasteiger partial charge is 0.304 e. The number of hydrogen-bond donors (Lipinski definition) is 1. The molecule has 0 aliphatic heterocycles. The molecule has 3 nitrogen and oxygen atoms in total. The summed E-state index contributed by atoms with van der Waals surface area (Å²) >= 11 is 5.03. The fourth-order valence-corrected chi connectivity index (χ4v) is 1.93. The molecule has 0 radical (unpaired) electrons. The molecule has 0 spiro atoms. The van der Waals surface area contributed by atoms with Crippen LogP contribution >= 0.6 is 12.2 Å². The molecule has 0 fully saturated rings. The van der Waals surface area contributed by atoms with E-state index in [0.29, 0.717) is 22.7 Å². The number of H-pyrrole nitrogens is 1. The first-order valence-corrected chi connectivity index (χ1v) is 5.60. The van der Waals surface area contributed by atoms with E-state index in [0.717, 1.165) is 6.07 Å². The summed E-state index contributed by atoms with van der Waals surface area (Å²) in [6.45, 7) is 2.59. The van der Waals surface area contributed by atoms with Gasteiger partial charge in [-0.25, -0.2) is 8.78 Å².